The molecule has 0 aromatic heterocycles. The third kappa shape index (κ3) is 8.02. The molecule has 4 aromatic carbocycles. The third-order valence-electron chi connectivity index (χ3n) is 6.75. The van der Waals surface area contributed by atoms with Crippen LogP contribution in [0.1, 0.15) is 49.2 Å². The number of aryl methyl sites for hydroxylation is 1. The molecular weight excluding hydrogens is 562 g/mol. The van der Waals surface area contributed by atoms with Crippen LogP contribution >= 0.6 is 0 Å². The first kappa shape index (κ1) is 31.3. The van der Waals surface area contributed by atoms with Crippen molar-refractivity contribution in [3.05, 3.63) is 114 Å². The lowest BCUT2D eigenvalue weighted by molar-refractivity contribution is -0.114. The average Bonchev–Trinajstić information content (AvgIpc) is 2.96. The summed E-state index contributed by atoms with van der Waals surface area (Å²) in [7, 11) is -4.08. The molecule has 0 fully saturated rings. The molecule has 0 unspecified atom stereocenters. The van der Waals surface area contributed by atoms with Crippen LogP contribution in [0.5, 0.6) is 5.75 Å². The molecule has 224 valence electrons. The quantitative estimate of drug-likeness (QED) is 0.209. The fourth-order valence-corrected chi connectivity index (χ4v) is 5.78. The van der Waals surface area contributed by atoms with Crippen molar-refractivity contribution in [3.8, 4) is 5.75 Å². The molecule has 0 aliphatic carbocycles. The molecule has 9 heteroatoms. The van der Waals surface area contributed by atoms with E-state index in [1.165, 1.54) is 12.1 Å². The summed E-state index contributed by atoms with van der Waals surface area (Å²) >= 11 is 0. The highest BCUT2D eigenvalue weighted by molar-refractivity contribution is 7.92. The van der Waals surface area contributed by atoms with E-state index >= 15 is 0 Å². The van der Waals surface area contributed by atoms with Crippen molar-refractivity contribution in [1.82, 2.24) is 0 Å². The van der Waals surface area contributed by atoms with Gasteiger partial charge in [-0.2, -0.15) is 0 Å². The molecule has 0 spiro atoms. The highest BCUT2D eigenvalue weighted by Crippen LogP contribution is 2.27. The molecule has 0 aliphatic heterocycles. The molecular formula is C34H37N3O5S. The second kappa shape index (κ2) is 13.1. The number of amides is 2. The van der Waals surface area contributed by atoms with Crippen LogP contribution in [0.3, 0.4) is 0 Å². The van der Waals surface area contributed by atoms with Crippen molar-refractivity contribution < 1.29 is 22.7 Å². The Morgan fingerprint density at radius 1 is 0.814 bits per heavy atom. The lowest BCUT2D eigenvalue weighted by Gasteiger charge is -2.24. The van der Waals surface area contributed by atoms with Crippen molar-refractivity contribution in [3.63, 3.8) is 0 Å². The third-order valence-corrected chi connectivity index (χ3v) is 8.54. The standard InChI is InChI=1S/C34H37N3O5S/c1-6-42-30-18-16-29(17-19-30)37(43(40,41)31-20-10-24(2)11-21-31)23-32(38)35-27-8-7-9-28(22-27)36-33(39)25-12-14-26(15-13-25)34(3,4)5/h7-22H,6,23H2,1-5H3,(H,35,38)(H,36,39). The van der Waals surface area contributed by atoms with Crippen molar-refractivity contribution >= 4 is 38.9 Å². The van der Waals surface area contributed by atoms with Crippen LogP contribution in [0.15, 0.2) is 102 Å². The number of nitrogens with one attached hydrogen (secondary N) is 2. The highest BCUT2D eigenvalue weighted by Gasteiger charge is 2.27. The number of rotatable bonds is 10. The maximum absolute atomic E-state index is 13.7. The van der Waals surface area contributed by atoms with Crippen LogP contribution in [0.2, 0.25) is 0 Å². The number of carbonyl (C=O) groups is 2. The number of sulfonamides is 1. The maximum Gasteiger partial charge on any atom is 0.264 e. The zero-order valence-electron chi connectivity index (χ0n) is 25.0. The summed E-state index contributed by atoms with van der Waals surface area (Å²) in [6.45, 7) is 10.0. The van der Waals surface area contributed by atoms with Gasteiger partial charge >= 0.3 is 0 Å². The van der Waals surface area contributed by atoms with Crippen molar-refractivity contribution in [2.24, 2.45) is 0 Å². The van der Waals surface area contributed by atoms with Gasteiger partial charge in [0.2, 0.25) is 5.91 Å². The van der Waals surface area contributed by atoms with E-state index < -0.39 is 22.5 Å². The van der Waals surface area contributed by atoms with Gasteiger partial charge in [0.25, 0.3) is 15.9 Å². The zero-order chi connectivity index (χ0) is 31.2. The second-order valence-electron chi connectivity index (χ2n) is 11.2. The Morgan fingerprint density at radius 3 is 2.00 bits per heavy atom. The lowest BCUT2D eigenvalue weighted by atomic mass is 9.87. The van der Waals surface area contributed by atoms with Gasteiger partial charge in [0.1, 0.15) is 12.3 Å². The van der Waals surface area contributed by atoms with Crippen molar-refractivity contribution in [2.75, 3.05) is 28.1 Å². The molecule has 2 N–H and O–H groups in total. The summed E-state index contributed by atoms with van der Waals surface area (Å²) in [5, 5.41) is 5.62. The van der Waals surface area contributed by atoms with Gasteiger partial charge < -0.3 is 15.4 Å². The van der Waals surface area contributed by atoms with Gasteiger partial charge in [-0.3, -0.25) is 13.9 Å². The number of benzene rings is 4. The molecule has 2 amide bonds. The summed E-state index contributed by atoms with van der Waals surface area (Å²) in [5.74, 6) is -0.243. The number of anilines is 3. The van der Waals surface area contributed by atoms with Gasteiger partial charge in [-0.15, -0.1) is 0 Å². The molecule has 43 heavy (non-hydrogen) atoms. The number of ether oxygens (including phenoxy) is 1. The average molecular weight is 600 g/mol. The molecule has 4 aromatic rings. The summed E-state index contributed by atoms with van der Waals surface area (Å²) in [6.07, 6.45) is 0. The number of hydrogen-bond acceptors (Lipinski definition) is 5. The predicted octanol–water partition coefficient (Wildman–Crippen LogP) is 6.78. The zero-order valence-corrected chi connectivity index (χ0v) is 25.9. The van der Waals surface area contributed by atoms with Gasteiger partial charge in [-0.1, -0.05) is 56.7 Å². The van der Waals surface area contributed by atoms with Gasteiger partial charge in [0, 0.05) is 16.9 Å². The number of hydrogen-bond donors (Lipinski definition) is 2. The normalized spacial score (nSPS) is 11.5. The Balaban J connectivity index is 1.51. The maximum atomic E-state index is 13.7. The smallest absolute Gasteiger partial charge is 0.264 e. The molecule has 0 aliphatic rings. The summed E-state index contributed by atoms with van der Waals surface area (Å²) < 4.78 is 33.9. The van der Waals surface area contributed by atoms with Crippen molar-refractivity contribution in [1.29, 1.82) is 0 Å². The Hall–Kier alpha value is -4.63. The Morgan fingerprint density at radius 2 is 1.42 bits per heavy atom. The first-order valence-corrected chi connectivity index (χ1v) is 15.4. The Labute approximate surface area is 253 Å². The van der Waals surface area contributed by atoms with E-state index in [2.05, 4.69) is 31.4 Å². The Kier molecular flexibility index (Phi) is 9.56. The van der Waals surface area contributed by atoms with E-state index in [0.29, 0.717) is 35.0 Å². The first-order valence-electron chi connectivity index (χ1n) is 14.0. The molecule has 0 heterocycles. The second-order valence-corrected chi connectivity index (χ2v) is 13.0. The highest BCUT2D eigenvalue weighted by atomic mass is 32.2. The predicted molar refractivity (Wildman–Crippen MR) is 171 cm³/mol. The molecule has 0 saturated carbocycles. The molecule has 0 radical (unpaired) electrons. The molecule has 4 rings (SSSR count). The van der Waals surface area contributed by atoms with Crippen molar-refractivity contribution in [2.45, 2.75) is 44.9 Å². The van der Waals surface area contributed by atoms with Gasteiger partial charge in [0.15, 0.2) is 0 Å². The van der Waals surface area contributed by atoms with E-state index in [4.69, 9.17) is 4.74 Å². The van der Waals surface area contributed by atoms with Crippen LogP contribution in [0.25, 0.3) is 0 Å². The van der Waals surface area contributed by atoms with E-state index in [0.717, 1.165) is 15.4 Å². The minimum Gasteiger partial charge on any atom is -0.494 e. The minimum absolute atomic E-state index is 0.0243. The van der Waals surface area contributed by atoms with E-state index in [-0.39, 0.29) is 16.2 Å². The summed E-state index contributed by atoms with van der Waals surface area (Å²) in [4.78, 5) is 26.2. The number of carbonyl (C=O) groups excluding carboxylic acids is 2. The van der Waals surface area contributed by atoms with Gasteiger partial charge in [-0.05, 0) is 91.6 Å². The number of nitrogens with zero attached hydrogens (tertiary/aromatic N) is 1. The SMILES string of the molecule is CCOc1ccc(N(CC(=O)Nc2cccc(NC(=O)c3ccc(C(C)(C)C)cc3)c2)S(=O)(=O)c2ccc(C)cc2)cc1. The molecule has 0 saturated heterocycles. The molecule has 0 atom stereocenters. The molecule has 0 bridgehead atoms. The van der Waals surface area contributed by atoms with E-state index in [1.54, 1.807) is 72.8 Å². The van der Waals surface area contributed by atoms with Crippen LogP contribution in [-0.4, -0.2) is 33.4 Å². The topological polar surface area (TPSA) is 105 Å². The van der Waals surface area contributed by atoms with Gasteiger partial charge in [0.05, 0.1) is 17.2 Å². The van der Waals surface area contributed by atoms with E-state index in [1.807, 2.05) is 26.0 Å². The minimum atomic E-state index is -4.08. The lowest BCUT2D eigenvalue weighted by Crippen LogP contribution is -2.38. The molecule has 8 nitrogen and oxygen atoms in total. The van der Waals surface area contributed by atoms with Crippen LogP contribution < -0.4 is 19.7 Å². The fraction of sp³-hybridized carbons (Fsp3) is 0.235. The van der Waals surface area contributed by atoms with E-state index in [9.17, 15) is 18.0 Å². The van der Waals surface area contributed by atoms with Crippen LogP contribution in [0, 0.1) is 6.92 Å². The largest absolute Gasteiger partial charge is 0.494 e. The fourth-order valence-electron chi connectivity index (χ4n) is 4.36. The van der Waals surface area contributed by atoms with Crippen LogP contribution in [0.4, 0.5) is 17.1 Å². The monoisotopic (exact) mass is 599 g/mol. The Bertz CT molecular complexity index is 1680. The van der Waals surface area contributed by atoms with Crippen LogP contribution in [-0.2, 0) is 20.2 Å². The van der Waals surface area contributed by atoms with Gasteiger partial charge in [-0.25, -0.2) is 8.42 Å². The summed E-state index contributed by atoms with van der Waals surface area (Å²) in [6, 6.07) is 27.1. The summed E-state index contributed by atoms with van der Waals surface area (Å²) in [5.41, 5.74) is 3.73. The first-order chi connectivity index (χ1) is 20.4.